The zero-order chi connectivity index (χ0) is 9.81. The lowest BCUT2D eigenvalue weighted by molar-refractivity contribution is 0.463. The predicted molar refractivity (Wildman–Crippen MR) is 53.7 cm³/mol. The SMILES string of the molecule is O=S(=O)(c1ccccc1)C12CCC1C2. The maximum absolute atomic E-state index is 12.2. The first-order valence-electron chi connectivity index (χ1n) is 4.96. The highest BCUT2D eigenvalue weighted by Crippen LogP contribution is 2.66. The molecular weight excluding hydrogens is 196 g/mol. The smallest absolute Gasteiger partial charge is 0.184 e. The Morgan fingerprint density at radius 2 is 1.93 bits per heavy atom. The molecule has 0 saturated heterocycles. The van der Waals surface area contributed by atoms with Crippen molar-refractivity contribution in [2.24, 2.45) is 5.92 Å². The van der Waals surface area contributed by atoms with E-state index in [1.54, 1.807) is 24.3 Å². The van der Waals surface area contributed by atoms with Crippen molar-refractivity contribution in [3.05, 3.63) is 30.3 Å². The van der Waals surface area contributed by atoms with E-state index in [1.165, 1.54) is 0 Å². The average molecular weight is 208 g/mol. The highest BCUT2D eigenvalue weighted by atomic mass is 32.2. The van der Waals surface area contributed by atoms with E-state index in [0.717, 1.165) is 19.3 Å². The van der Waals surface area contributed by atoms with Crippen molar-refractivity contribution >= 4 is 9.84 Å². The van der Waals surface area contributed by atoms with Crippen LogP contribution >= 0.6 is 0 Å². The standard InChI is InChI=1S/C11H12O2S/c12-14(13,10-4-2-1-3-5-10)11-7-6-9(11)8-11/h1-5,9H,6-8H2. The van der Waals surface area contributed by atoms with Crippen LogP contribution in [0.25, 0.3) is 0 Å². The second-order valence-electron chi connectivity index (χ2n) is 4.32. The highest BCUT2D eigenvalue weighted by Gasteiger charge is 2.69. The molecule has 0 aliphatic heterocycles. The Balaban J connectivity index is 2.07. The van der Waals surface area contributed by atoms with E-state index in [0.29, 0.717) is 10.8 Å². The van der Waals surface area contributed by atoms with Crippen LogP contribution in [-0.4, -0.2) is 13.2 Å². The van der Waals surface area contributed by atoms with Crippen LogP contribution in [0.15, 0.2) is 35.2 Å². The minimum atomic E-state index is -3.03. The molecule has 0 radical (unpaired) electrons. The van der Waals surface area contributed by atoms with Crippen LogP contribution in [0.2, 0.25) is 0 Å². The Morgan fingerprint density at radius 1 is 1.21 bits per heavy atom. The van der Waals surface area contributed by atoms with Crippen molar-refractivity contribution in [1.29, 1.82) is 0 Å². The second kappa shape index (κ2) is 2.40. The van der Waals surface area contributed by atoms with Crippen molar-refractivity contribution in [2.45, 2.75) is 28.9 Å². The van der Waals surface area contributed by atoms with Gasteiger partial charge in [0.1, 0.15) is 0 Å². The fourth-order valence-corrected chi connectivity index (χ4v) is 4.88. The van der Waals surface area contributed by atoms with E-state index < -0.39 is 9.84 Å². The van der Waals surface area contributed by atoms with Gasteiger partial charge in [-0.25, -0.2) is 8.42 Å². The largest absolute Gasteiger partial charge is 0.223 e. The number of sulfone groups is 1. The number of rotatable bonds is 2. The number of benzene rings is 1. The molecule has 0 N–H and O–H groups in total. The maximum atomic E-state index is 12.2. The van der Waals surface area contributed by atoms with Gasteiger partial charge in [-0.3, -0.25) is 0 Å². The van der Waals surface area contributed by atoms with Crippen LogP contribution in [0, 0.1) is 5.92 Å². The molecule has 2 atom stereocenters. The molecular formula is C11H12O2S. The van der Waals surface area contributed by atoms with E-state index in [9.17, 15) is 8.42 Å². The van der Waals surface area contributed by atoms with Crippen LogP contribution in [0.3, 0.4) is 0 Å². The molecule has 14 heavy (non-hydrogen) atoms. The lowest BCUT2D eigenvalue weighted by Gasteiger charge is -2.25. The summed E-state index contributed by atoms with van der Waals surface area (Å²) in [6.07, 6.45) is 2.87. The van der Waals surface area contributed by atoms with Crippen LogP contribution in [0.4, 0.5) is 0 Å². The normalized spacial score (nSPS) is 34.4. The first kappa shape index (κ1) is 8.48. The molecule has 0 heterocycles. The van der Waals surface area contributed by atoms with E-state index in [2.05, 4.69) is 0 Å². The van der Waals surface area contributed by atoms with Crippen molar-refractivity contribution in [2.75, 3.05) is 0 Å². The lowest BCUT2D eigenvalue weighted by Crippen LogP contribution is -2.32. The van der Waals surface area contributed by atoms with E-state index >= 15 is 0 Å². The summed E-state index contributed by atoms with van der Waals surface area (Å²) in [6, 6.07) is 8.84. The minimum absolute atomic E-state index is 0.339. The Hall–Kier alpha value is -0.830. The van der Waals surface area contributed by atoms with Crippen molar-refractivity contribution in [3.8, 4) is 0 Å². The molecule has 2 fully saturated rings. The third-order valence-electron chi connectivity index (χ3n) is 3.68. The van der Waals surface area contributed by atoms with Crippen molar-refractivity contribution in [1.82, 2.24) is 0 Å². The number of hydrogen-bond acceptors (Lipinski definition) is 2. The monoisotopic (exact) mass is 208 g/mol. The van der Waals surface area contributed by atoms with E-state index in [4.69, 9.17) is 0 Å². The fourth-order valence-electron chi connectivity index (χ4n) is 2.53. The van der Waals surface area contributed by atoms with Gasteiger partial charge in [-0.05, 0) is 37.3 Å². The first-order chi connectivity index (χ1) is 6.67. The highest BCUT2D eigenvalue weighted by molar-refractivity contribution is 7.93. The Bertz CT molecular complexity index is 459. The zero-order valence-corrected chi connectivity index (χ0v) is 8.63. The molecule has 2 nitrogen and oxygen atoms in total. The Kier molecular flexibility index (Phi) is 1.45. The maximum Gasteiger partial charge on any atom is 0.184 e. The number of fused-ring (bicyclic) bond motifs is 1. The second-order valence-corrected chi connectivity index (χ2v) is 6.61. The summed E-state index contributed by atoms with van der Waals surface area (Å²) in [6.45, 7) is 0. The van der Waals surface area contributed by atoms with Gasteiger partial charge in [-0.2, -0.15) is 0 Å². The summed E-state index contributed by atoms with van der Waals surface area (Å²) < 4.78 is 24.0. The molecule has 0 bridgehead atoms. The van der Waals surface area contributed by atoms with Crippen LogP contribution < -0.4 is 0 Å². The van der Waals surface area contributed by atoms with Crippen molar-refractivity contribution < 1.29 is 8.42 Å². The van der Waals surface area contributed by atoms with Gasteiger partial charge in [-0.15, -0.1) is 0 Å². The summed E-state index contributed by atoms with van der Waals surface area (Å²) in [7, 11) is -3.03. The van der Waals surface area contributed by atoms with Gasteiger partial charge in [0, 0.05) is 0 Å². The van der Waals surface area contributed by atoms with Crippen molar-refractivity contribution in [3.63, 3.8) is 0 Å². The van der Waals surface area contributed by atoms with Gasteiger partial charge in [0.2, 0.25) is 0 Å². The van der Waals surface area contributed by atoms with Gasteiger partial charge < -0.3 is 0 Å². The average Bonchev–Trinajstić information content (AvgIpc) is 2.71. The molecule has 1 aromatic carbocycles. The molecule has 2 aliphatic carbocycles. The Morgan fingerprint density at radius 3 is 2.36 bits per heavy atom. The fraction of sp³-hybridized carbons (Fsp3) is 0.455. The molecule has 2 saturated carbocycles. The molecule has 74 valence electrons. The topological polar surface area (TPSA) is 34.1 Å². The van der Waals surface area contributed by atoms with Gasteiger partial charge in [-0.1, -0.05) is 18.2 Å². The summed E-state index contributed by atoms with van der Waals surface area (Å²) in [5.74, 6) is 0.465. The molecule has 3 heteroatoms. The molecule has 2 aliphatic rings. The molecule has 2 unspecified atom stereocenters. The summed E-state index contributed by atoms with van der Waals surface area (Å²) >= 11 is 0. The van der Waals surface area contributed by atoms with Gasteiger partial charge >= 0.3 is 0 Å². The van der Waals surface area contributed by atoms with E-state index in [1.807, 2.05) is 6.07 Å². The summed E-state index contributed by atoms with van der Waals surface area (Å²) in [5, 5.41) is 0. The van der Waals surface area contributed by atoms with Gasteiger partial charge in [0.25, 0.3) is 0 Å². The Labute approximate surface area is 83.9 Å². The third kappa shape index (κ3) is 0.836. The lowest BCUT2D eigenvalue weighted by atomic mass is 10.00. The quantitative estimate of drug-likeness (QED) is 0.745. The summed E-state index contributed by atoms with van der Waals surface area (Å²) in [4.78, 5) is 0.502. The molecule has 0 aromatic heterocycles. The van der Waals surface area contributed by atoms with Gasteiger partial charge in [0.05, 0.1) is 9.64 Å². The van der Waals surface area contributed by atoms with Crippen LogP contribution in [0.1, 0.15) is 19.3 Å². The molecule has 0 spiro atoms. The van der Waals surface area contributed by atoms with Crippen LogP contribution in [-0.2, 0) is 9.84 Å². The predicted octanol–water partition coefficient (Wildman–Crippen LogP) is 2.01. The van der Waals surface area contributed by atoms with E-state index in [-0.39, 0.29) is 4.75 Å². The van der Waals surface area contributed by atoms with Gasteiger partial charge in [0.15, 0.2) is 9.84 Å². The molecule has 0 amide bonds. The minimum Gasteiger partial charge on any atom is -0.223 e. The van der Waals surface area contributed by atoms with Crippen LogP contribution in [0.5, 0.6) is 0 Å². The zero-order valence-electron chi connectivity index (χ0n) is 7.81. The molecule has 1 aromatic rings. The number of hydrogen-bond donors (Lipinski definition) is 0. The molecule has 3 rings (SSSR count). The third-order valence-corrected chi connectivity index (χ3v) is 6.35. The summed E-state index contributed by atoms with van der Waals surface area (Å²) in [5.41, 5.74) is 0. The first-order valence-corrected chi connectivity index (χ1v) is 6.45.